The zero-order valence-electron chi connectivity index (χ0n) is 10.7. The van der Waals surface area contributed by atoms with Crippen LogP contribution >= 0.6 is 11.6 Å². The number of carbonyl (C=O) groups excluding carboxylic acids is 1. The lowest BCUT2D eigenvalue weighted by molar-refractivity contribution is 0.0956. The van der Waals surface area contributed by atoms with Crippen molar-refractivity contribution in [3.8, 4) is 0 Å². The van der Waals surface area contributed by atoms with Gasteiger partial charge in [0, 0.05) is 24.3 Å². The Labute approximate surface area is 112 Å². The van der Waals surface area contributed by atoms with Gasteiger partial charge in [-0.25, -0.2) is 0 Å². The molecule has 4 nitrogen and oxygen atoms in total. The quantitative estimate of drug-likeness (QED) is 0.691. The molecule has 1 amide bonds. The van der Waals surface area contributed by atoms with Crippen LogP contribution in [0, 0.1) is 6.92 Å². The second kappa shape index (κ2) is 7.24. The highest BCUT2D eigenvalue weighted by molar-refractivity contribution is 6.18. The van der Waals surface area contributed by atoms with Crippen molar-refractivity contribution in [2.24, 2.45) is 0 Å². The van der Waals surface area contributed by atoms with Gasteiger partial charge in [-0.2, -0.15) is 0 Å². The third-order valence-corrected chi connectivity index (χ3v) is 2.90. The summed E-state index contributed by atoms with van der Waals surface area (Å²) in [5, 5.41) is 15.2. The van der Waals surface area contributed by atoms with E-state index in [2.05, 4.69) is 10.6 Å². The summed E-state index contributed by atoms with van der Waals surface area (Å²) < 4.78 is 0. The first-order valence-electron chi connectivity index (χ1n) is 5.95. The summed E-state index contributed by atoms with van der Waals surface area (Å²) in [7, 11) is 0. The molecule has 3 N–H and O–H groups in total. The number of aliphatic hydroxyl groups excluding tert-OH is 1. The fourth-order valence-corrected chi connectivity index (χ4v) is 1.61. The van der Waals surface area contributed by atoms with E-state index in [1.54, 1.807) is 12.1 Å². The number of alkyl halides is 1. The van der Waals surface area contributed by atoms with Crippen LogP contribution in [0.3, 0.4) is 0 Å². The van der Waals surface area contributed by atoms with Crippen LogP contribution in [-0.2, 0) is 0 Å². The molecule has 5 heteroatoms. The molecular weight excluding hydrogens is 252 g/mol. The van der Waals surface area contributed by atoms with Gasteiger partial charge in [0.1, 0.15) is 0 Å². The second-order valence-corrected chi connectivity index (χ2v) is 4.39. The molecular formula is C13H19ClN2O2. The minimum Gasteiger partial charge on any atom is -0.390 e. The molecule has 0 saturated carbocycles. The van der Waals surface area contributed by atoms with E-state index >= 15 is 0 Å². The van der Waals surface area contributed by atoms with Gasteiger partial charge in [0.05, 0.1) is 12.0 Å². The van der Waals surface area contributed by atoms with E-state index in [4.69, 9.17) is 11.6 Å². The van der Waals surface area contributed by atoms with E-state index in [1.807, 2.05) is 19.9 Å². The van der Waals surface area contributed by atoms with Gasteiger partial charge >= 0.3 is 0 Å². The van der Waals surface area contributed by atoms with Crippen molar-refractivity contribution in [1.29, 1.82) is 0 Å². The molecule has 0 aliphatic heterocycles. The highest BCUT2D eigenvalue weighted by Crippen LogP contribution is 2.17. The molecule has 1 aromatic carbocycles. The lowest BCUT2D eigenvalue weighted by Gasteiger charge is -2.13. The third-order valence-electron chi connectivity index (χ3n) is 2.54. The normalized spacial score (nSPS) is 12.0. The number of halogens is 1. The Hall–Kier alpha value is -1.26. The Balaban J connectivity index is 2.78. The third kappa shape index (κ3) is 4.20. The van der Waals surface area contributed by atoms with Gasteiger partial charge in [-0.15, -0.1) is 11.6 Å². The number of amides is 1. The smallest absolute Gasteiger partial charge is 0.251 e. The molecule has 0 fully saturated rings. The van der Waals surface area contributed by atoms with Crippen LogP contribution in [0.25, 0.3) is 0 Å². The molecule has 0 aliphatic rings. The van der Waals surface area contributed by atoms with Crippen LogP contribution in [0.2, 0.25) is 0 Å². The Bertz CT molecular complexity index is 410. The first-order chi connectivity index (χ1) is 8.58. The maximum atomic E-state index is 11.7. The Morgan fingerprint density at radius 3 is 2.83 bits per heavy atom. The Morgan fingerprint density at radius 2 is 2.22 bits per heavy atom. The van der Waals surface area contributed by atoms with Gasteiger partial charge < -0.3 is 15.7 Å². The molecule has 18 heavy (non-hydrogen) atoms. The SMILES string of the molecule is CCNC(=O)c1ccc(C)c(NCC(O)CCl)c1. The predicted molar refractivity (Wildman–Crippen MR) is 74.4 cm³/mol. The molecule has 0 spiro atoms. The van der Waals surface area contributed by atoms with Gasteiger partial charge in [0.2, 0.25) is 0 Å². The summed E-state index contributed by atoms with van der Waals surface area (Å²) in [6, 6.07) is 5.44. The monoisotopic (exact) mass is 270 g/mol. The van der Waals surface area contributed by atoms with E-state index in [0.717, 1.165) is 11.3 Å². The molecule has 0 saturated heterocycles. The molecule has 1 atom stereocenters. The number of hydrogen-bond acceptors (Lipinski definition) is 3. The largest absolute Gasteiger partial charge is 0.390 e. The van der Waals surface area contributed by atoms with Crippen molar-refractivity contribution in [1.82, 2.24) is 5.32 Å². The first kappa shape index (κ1) is 14.8. The van der Waals surface area contributed by atoms with Crippen LogP contribution in [0.1, 0.15) is 22.8 Å². The van der Waals surface area contributed by atoms with Crippen LogP contribution in [-0.4, -0.2) is 36.1 Å². The first-order valence-corrected chi connectivity index (χ1v) is 6.48. The number of aliphatic hydroxyl groups is 1. The van der Waals surface area contributed by atoms with Crippen molar-refractivity contribution >= 4 is 23.2 Å². The van der Waals surface area contributed by atoms with Crippen molar-refractivity contribution in [2.75, 3.05) is 24.3 Å². The van der Waals surface area contributed by atoms with E-state index in [-0.39, 0.29) is 11.8 Å². The fraction of sp³-hybridized carbons (Fsp3) is 0.462. The molecule has 0 radical (unpaired) electrons. The lowest BCUT2D eigenvalue weighted by Crippen LogP contribution is -2.24. The predicted octanol–water partition coefficient (Wildman–Crippen LogP) is 1.76. The summed E-state index contributed by atoms with van der Waals surface area (Å²) in [4.78, 5) is 11.7. The minimum atomic E-state index is -0.598. The lowest BCUT2D eigenvalue weighted by atomic mass is 10.1. The van der Waals surface area contributed by atoms with E-state index in [1.165, 1.54) is 0 Å². The Kier molecular flexibility index (Phi) is 5.95. The maximum Gasteiger partial charge on any atom is 0.251 e. The average Bonchev–Trinajstić information content (AvgIpc) is 2.37. The summed E-state index contributed by atoms with van der Waals surface area (Å²) >= 11 is 5.53. The zero-order chi connectivity index (χ0) is 13.5. The average molecular weight is 271 g/mol. The van der Waals surface area contributed by atoms with Gasteiger partial charge in [-0.3, -0.25) is 4.79 Å². The van der Waals surface area contributed by atoms with Crippen molar-refractivity contribution in [3.63, 3.8) is 0 Å². The second-order valence-electron chi connectivity index (χ2n) is 4.08. The van der Waals surface area contributed by atoms with Gasteiger partial charge in [-0.1, -0.05) is 6.07 Å². The molecule has 0 aliphatic carbocycles. The number of benzene rings is 1. The number of nitrogens with one attached hydrogen (secondary N) is 2. The van der Waals surface area contributed by atoms with E-state index in [0.29, 0.717) is 18.7 Å². The maximum absolute atomic E-state index is 11.7. The zero-order valence-corrected chi connectivity index (χ0v) is 11.4. The van der Waals surface area contributed by atoms with Crippen molar-refractivity contribution in [2.45, 2.75) is 20.0 Å². The fourth-order valence-electron chi connectivity index (χ4n) is 1.50. The van der Waals surface area contributed by atoms with E-state index in [9.17, 15) is 9.90 Å². The van der Waals surface area contributed by atoms with Crippen LogP contribution in [0.5, 0.6) is 0 Å². The number of hydrogen-bond donors (Lipinski definition) is 3. The van der Waals surface area contributed by atoms with E-state index < -0.39 is 6.10 Å². The van der Waals surface area contributed by atoms with Gasteiger partial charge in [-0.05, 0) is 31.5 Å². The van der Waals surface area contributed by atoms with Crippen LogP contribution in [0.4, 0.5) is 5.69 Å². The summed E-state index contributed by atoms with van der Waals surface area (Å²) in [6.07, 6.45) is -0.598. The van der Waals surface area contributed by atoms with Crippen molar-refractivity contribution in [3.05, 3.63) is 29.3 Å². The number of rotatable bonds is 6. The van der Waals surface area contributed by atoms with Gasteiger partial charge in [0.15, 0.2) is 0 Å². The highest BCUT2D eigenvalue weighted by atomic mass is 35.5. The van der Waals surface area contributed by atoms with Gasteiger partial charge in [0.25, 0.3) is 5.91 Å². The topological polar surface area (TPSA) is 61.4 Å². The minimum absolute atomic E-state index is 0.0987. The number of carbonyl (C=O) groups is 1. The van der Waals surface area contributed by atoms with Crippen LogP contribution in [0.15, 0.2) is 18.2 Å². The molecule has 1 unspecified atom stereocenters. The molecule has 0 aromatic heterocycles. The van der Waals surface area contributed by atoms with Crippen molar-refractivity contribution < 1.29 is 9.90 Å². The molecule has 100 valence electrons. The standard InChI is InChI=1S/C13H19ClN2O2/c1-3-15-13(18)10-5-4-9(2)12(6-10)16-8-11(17)7-14/h4-6,11,16-17H,3,7-8H2,1-2H3,(H,15,18). The molecule has 0 heterocycles. The summed E-state index contributed by atoms with van der Waals surface area (Å²) in [6.45, 7) is 4.78. The molecule has 1 rings (SSSR count). The molecule has 1 aromatic rings. The summed E-state index contributed by atoms with van der Waals surface area (Å²) in [5.74, 6) is 0.0839. The summed E-state index contributed by atoms with van der Waals surface area (Å²) in [5.41, 5.74) is 2.46. The highest BCUT2D eigenvalue weighted by Gasteiger charge is 2.08. The number of aryl methyl sites for hydroxylation is 1. The van der Waals surface area contributed by atoms with Crippen LogP contribution < -0.4 is 10.6 Å². The number of anilines is 1. The Morgan fingerprint density at radius 1 is 1.50 bits per heavy atom. The molecule has 0 bridgehead atoms.